The average Bonchev–Trinajstić information content (AvgIpc) is 2.47. The van der Waals surface area contributed by atoms with Crippen LogP contribution in [0.3, 0.4) is 0 Å². The Kier molecular flexibility index (Phi) is 4.50. The Labute approximate surface area is 114 Å². The minimum absolute atomic E-state index is 0.0567. The Morgan fingerprint density at radius 1 is 1.16 bits per heavy atom. The first-order chi connectivity index (χ1) is 9.17. The summed E-state index contributed by atoms with van der Waals surface area (Å²) in [6.07, 6.45) is 0. The van der Waals surface area contributed by atoms with E-state index < -0.39 is 0 Å². The van der Waals surface area contributed by atoms with Gasteiger partial charge in [0.05, 0.1) is 14.2 Å². The van der Waals surface area contributed by atoms with Gasteiger partial charge < -0.3 is 19.9 Å². The van der Waals surface area contributed by atoms with Crippen LogP contribution in [0.5, 0.6) is 17.2 Å². The molecule has 2 rings (SSSR count). The molecule has 5 heteroatoms. The number of ether oxygens (including phenoxy) is 2. The van der Waals surface area contributed by atoms with Gasteiger partial charge in [-0.15, -0.1) is 0 Å². The predicted octanol–water partition coefficient (Wildman–Crippen LogP) is 1.38. The lowest BCUT2D eigenvalue weighted by molar-refractivity contribution is 0.185. The number of rotatable bonds is 4. The third-order valence-electron chi connectivity index (χ3n) is 3.68. The van der Waals surface area contributed by atoms with Crippen LogP contribution < -0.4 is 14.8 Å². The monoisotopic (exact) mass is 266 g/mol. The first-order valence-corrected chi connectivity index (χ1v) is 6.57. The number of methoxy groups -OCH3 is 2. The summed E-state index contributed by atoms with van der Waals surface area (Å²) >= 11 is 0. The summed E-state index contributed by atoms with van der Waals surface area (Å²) < 4.78 is 10.4. The molecule has 0 saturated carbocycles. The average molecular weight is 266 g/mol. The van der Waals surface area contributed by atoms with Gasteiger partial charge in [0.2, 0.25) is 5.75 Å². The van der Waals surface area contributed by atoms with E-state index in [0.29, 0.717) is 11.5 Å². The van der Waals surface area contributed by atoms with E-state index in [0.717, 1.165) is 31.7 Å². The molecule has 1 aromatic rings. The van der Waals surface area contributed by atoms with Crippen molar-refractivity contribution in [2.24, 2.45) is 0 Å². The number of phenolic OH excluding ortho intramolecular Hbond substituents is 1. The molecule has 0 aliphatic carbocycles. The van der Waals surface area contributed by atoms with Gasteiger partial charge in [0.1, 0.15) is 0 Å². The topological polar surface area (TPSA) is 54.0 Å². The molecule has 1 atom stereocenters. The number of aromatic hydroxyl groups is 1. The highest BCUT2D eigenvalue weighted by molar-refractivity contribution is 5.53. The summed E-state index contributed by atoms with van der Waals surface area (Å²) in [5.74, 6) is 0.967. The number of phenols is 1. The van der Waals surface area contributed by atoms with Gasteiger partial charge in [-0.05, 0) is 24.6 Å². The van der Waals surface area contributed by atoms with Crippen LogP contribution in [-0.2, 0) is 0 Å². The van der Waals surface area contributed by atoms with Crippen molar-refractivity contribution < 1.29 is 14.6 Å². The summed E-state index contributed by atoms with van der Waals surface area (Å²) in [7, 11) is 3.10. The van der Waals surface area contributed by atoms with Gasteiger partial charge in [0, 0.05) is 32.2 Å². The van der Waals surface area contributed by atoms with Crippen LogP contribution in [0.15, 0.2) is 12.1 Å². The van der Waals surface area contributed by atoms with E-state index >= 15 is 0 Å². The van der Waals surface area contributed by atoms with Crippen LogP contribution >= 0.6 is 0 Å². The molecule has 0 spiro atoms. The van der Waals surface area contributed by atoms with Gasteiger partial charge in [-0.3, -0.25) is 4.90 Å². The quantitative estimate of drug-likeness (QED) is 0.862. The number of hydrogen-bond donors (Lipinski definition) is 2. The summed E-state index contributed by atoms with van der Waals surface area (Å²) in [5, 5.41) is 13.3. The number of hydrogen-bond acceptors (Lipinski definition) is 5. The zero-order valence-corrected chi connectivity index (χ0v) is 11.8. The fourth-order valence-electron chi connectivity index (χ4n) is 2.44. The number of nitrogens with one attached hydrogen (secondary N) is 1. The van der Waals surface area contributed by atoms with Crippen molar-refractivity contribution in [3.63, 3.8) is 0 Å². The molecule has 2 N–H and O–H groups in total. The third kappa shape index (κ3) is 2.93. The van der Waals surface area contributed by atoms with Gasteiger partial charge in [-0.2, -0.15) is 0 Å². The maximum absolute atomic E-state index is 9.93. The first kappa shape index (κ1) is 14.0. The molecule has 1 aliphatic rings. The SMILES string of the molecule is COc1cc([C@@H](C)N2CCNCC2)cc(OC)c1O. The van der Waals surface area contributed by atoms with E-state index in [1.54, 1.807) is 14.2 Å². The molecule has 0 aromatic heterocycles. The van der Waals surface area contributed by atoms with Crippen LogP contribution in [0.1, 0.15) is 18.5 Å². The molecule has 1 aliphatic heterocycles. The highest BCUT2D eigenvalue weighted by atomic mass is 16.5. The summed E-state index contributed by atoms with van der Waals surface area (Å²) in [6, 6.07) is 4.03. The molecule has 1 fully saturated rings. The van der Waals surface area contributed by atoms with E-state index in [4.69, 9.17) is 9.47 Å². The van der Waals surface area contributed by atoms with Crippen molar-refractivity contribution in [1.29, 1.82) is 0 Å². The second-order valence-corrected chi connectivity index (χ2v) is 4.74. The highest BCUT2D eigenvalue weighted by Gasteiger charge is 2.21. The molecule has 1 heterocycles. The maximum Gasteiger partial charge on any atom is 0.200 e. The zero-order valence-electron chi connectivity index (χ0n) is 11.8. The predicted molar refractivity (Wildman–Crippen MR) is 74.1 cm³/mol. The summed E-state index contributed by atoms with van der Waals surface area (Å²) in [4.78, 5) is 2.40. The minimum atomic E-state index is 0.0567. The molecule has 5 nitrogen and oxygen atoms in total. The standard InChI is InChI=1S/C14H22N2O3/c1-10(16-6-4-15-5-7-16)11-8-12(18-2)14(17)13(9-11)19-3/h8-10,15,17H,4-7H2,1-3H3/t10-/m1/s1. The summed E-state index contributed by atoms with van der Waals surface area (Å²) in [6.45, 7) is 6.23. The molecule has 0 unspecified atom stereocenters. The Hall–Kier alpha value is -1.46. The van der Waals surface area contributed by atoms with Gasteiger partial charge in [0.15, 0.2) is 11.5 Å². The highest BCUT2D eigenvalue weighted by Crippen LogP contribution is 2.39. The smallest absolute Gasteiger partial charge is 0.200 e. The molecule has 1 aromatic carbocycles. The molecular formula is C14H22N2O3. The Morgan fingerprint density at radius 2 is 1.68 bits per heavy atom. The van der Waals surface area contributed by atoms with Gasteiger partial charge in [0.25, 0.3) is 0 Å². The van der Waals surface area contributed by atoms with E-state index in [1.807, 2.05) is 12.1 Å². The van der Waals surface area contributed by atoms with E-state index in [1.165, 1.54) is 0 Å². The lowest BCUT2D eigenvalue weighted by Crippen LogP contribution is -2.44. The van der Waals surface area contributed by atoms with Crippen molar-refractivity contribution in [1.82, 2.24) is 10.2 Å². The van der Waals surface area contributed by atoms with Crippen LogP contribution in [0, 0.1) is 0 Å². The van der Waals surface area contributed by atoms with Crippen molar-refractivity contribution in [2.45, 2.75) is 13.0 Å². The van der Waals surface area contributed by atoms with E-state index in [9.17, 15) is 5.11 Å². The molecular weight excluding hydrogens is 244 g/mol. The van der Waals surface area contributed by atoms with Crippen molar-refractivity contribution in [2.75, 3.05) is 40.4 Å². The van der Waals surface area contributed by atoms with Crippen LogP contribution in [-0.4, -0.2) is 50.4 Å². The second-order valence-electron chi connectivity index (χ2n) is 4.74. The summed E-state index contributed by atoms with van der Waals surface area (Å²) in [5.41, 5.74) is 1.09. The van der Waals surface area contributed by atoms with E-state index in [-0.39, 0.29) is 11.8 Å². The number of benzene rings is 1. The number of nitrogens with zero attached hydrogens (tertiary/aromatic N) is 1. The van der Waals surface area contributed by atoms with Crippen LogP contribution in [0.25, 0.3) is 0 Å². The molecule has 0 amide bonds. The Bertz CT molecular complexity index is 406. The van der Waals surface area contributed by atoms with Gasteiger partial charge >= 0.3 is 0 Å². The second kappa shape index (κ2) is 6.12. The normalized spacial score (nSPS) is 18.1. The molecule has 106 valence electrons. The molecule has 0 radical (unpaired) electrons. The molecule has 19 heavy (non-hydrogen) atoms. The first-order valence-electron chi connectivity index (χ1n) is 6.57. The van der Waals surface area contributed by atoms with E-state index in [2.05, 4.69) is 17.1 Å². The van der Waals surface area contributed by atoms with Gasteiger partial charge in [-0.25, -0.2) is 0 Å². The van der Waals surface area contributed by atoms with Crippen LogP contribution in [0.4, 0.5) is 0 Å². The molecule has 1 saturated heterocycles. The Balaban J connectivity index is 2.27. The minimum Gasteiger partial charge on any atom is -0.502 e. The van der Waals surface area contributed by atoms with Gasteiger partial charge in [-0.1, -0.05) is 0 Å². The van der Waals surface area contributed by atoms with Crippen molar-refractivity contribution in [3.8, 4) is 17.2 Å². The fraction of sp³-hybridized carbons (Fsp3) is 0.571. The third-order valence-corrected chi connectivity index (χ3v) is 3.68. The van der Waals surface area contributed by atoms with Crippen molar-refractivity contribution in [3.05, 3.63) is 17.7 Å². The number of piperazine rings is 1. The van der Waals surface area contributed by atoms with Crippen molar-refractivity contribution >= 4 is 0 Å². The molecule has 0 bridgehead atoms. The van der Waals surface area contributed by atoms with Crippen LogP contribution in [0.2, 0.25) is 0 Å². The largest absolute Gasteiger partial charge is 0.502 e. The lowest BCUT2D eigenvalue weighted by Gasteiger charge is -2.33. The maximum atomic E-state index is 9.93. The fourth-order valence-corrected chi connectivity index (χ4v) is 2.44. The Morgan fingerprint density at radius 3 is 2.16 bits per heavy atom. The lowest BCUT2D eigenvalue weighted by atomic mass is 10.0. The zero-order chi connectivity index (χ0) is 13.8.